The number of ether oxygens (including phenoxy) is 1. The Morgan fingerprint density at radius 3 is 3.13 bits per heavy atom. The molecule has 1 unspecified atom stereocenters. The average Bonchev–Trinajstić information content (AvgIpc) is 3.03. The molecule has 122 valence electrons. The van der Waals surface area contributed by atoms with Crippen LogP contribution in [0, 0.1) is 0 Å². The maximum absolute atomic E-state index is 12.1. The van der Waals surface area contributed by atoms with Gasteiger partial charge in [0.1, 0.15) is 18.5 Å². The van der Waals surface area contributed by atoms with Gasteiger partial charge in [0, 0.05) is 19.3 Å². The van der Waals surface area contributed by atoms with Gasteiger partial charge >= 0.3 is 0 Å². The lowest BCUT2D eigenvalue weighted by molar-refractivity contribution is -0.119. The minimum atomic E-state index is -0.110. The third kappa shape index (κ3) is 4.72. The molecule has 2 aromatic heterocycles. The highest BCUT2D eigenvalue weighted by molar-refractivity contribution is 6.30. The van der Waals surface area contributed by atoms with Gasteiger partial charge in [-0.3, -0.25) is 14.4 Å². The first-order valence-electron chi connectivity index (χ1n) is 7.27. The van der Waals surface area contributed by atoms with Gasteiger partial charge in [0.05, 0.1) is 30.8 Å². The molecule has 1 aliphatic heterocycles. The van der Waals surface area contributed by atoms with Crippen LogP contribution in [0.3, 0.4) is 0 Å². The van der Waals surface area contributed by atoms with Crippen LogP contribution < -0.4 is 5.32 Å². The van der Waals surface area contributed by atoms with E-state index in [1.807, 2.05) is 0 Å². The number of amides is 1. The summed E-state index contributed by atoms with van der Waals surface area (Å²) in [6.07, 6.45) is 4.64. The number of anilines is 1. The van der Waals surface area contributed by atoms with Crippen molar-refractivity contribution < 1.29 is 9.53 Å². The van der Waals surface area contributed by atoms with E-state index in [1.54, 1.807) is 23.1 Å². The standard InChI is InChI=1S/C14H17ClN6O2/c15-11-1-2-13(17-5-11)19-14(22)8-20-3-4-23-12(6-20)7-21-10-16-9-18-21/h1-2,5,9-10,12H,3-4,6-8H2,(H,17,19,22). The fraction of sp³-hybridized carbons (Fsp3) is 0.429. The largest absolute Gasteiger partial charge is 0.374 e. The van der Waals surface area contributed by atoms with Gasteiger partial charge in [-0.05, 0) is 12.1 Å². The summed E-state index contributed by atoms with van der Waals surface area (Å²) >= 11 is 5.77. The number of morpholine rings is 1. The number of aromatic nitrogens is 4. The molecular weight excluding hydrogens is 320 g/mol. The molecule has 0 bridgehead atoms. The molecule has 3 heterocycles. The predicted molar refractivity (Wildman–Crippen MR) is 84.1 cm³/mol. The molecule has 1 fully saturated rings. The maximum atomic E-state index is 12.1. The molecule has 1 N–H and O–H groups in total. The van der Waals surface area contributed by atoms with Crippen molar-refractivity contribution in [1.29, 1.82) is 0 Å². The first kappa shape index (κ1) is 15.9. The Morgan fingerprint density at radius 2 is 2.39 bits per heavy atom. The van der Waals surface area contributed by atoms with Crippen molar-refractivity contribution in [3.63, 3.8) is 0 Å². The highest BCUT2D eigenvalue weighted by Crippen LogP contribution is 2.10. The van der Waals surface area contributed by atoms with Crippen molar-refractivity contribution in [2.24, 2.45) is 0 Å². The molecule has 1 amide bonds. The van der Waals surface area contributed by atoms with Crippen LogP contribution in [0.15, 0.2) is 31.0 Å². The zero-order valence-electron chi connectivity index (χ0n) is 12.4. The fourth-order valence-electron chi connectivity index (χ4n) is 2.41. The lowest BCUT2D eigenvalue weighted by Crippen LogP contribution is -2.47. The Bertz CT molecular complexity index is 633. The molecule has 3 rings (SSSR count). The van der Waals surface area contributed by atoms with Gasteiger partial charge in [-0.15, -0.1) is 0 Å². The quantitative estimate of drug-likeness (QED) is 0.863. The van der Waals surface area contributed by atoms with Crippen molar-refractivity contribution in [3.8, 4) is 0 Å². The minimum Gasteiger partial charge on any atom is -0.374 e. The lowest BCUT2D eigenvalue weighted by Gasteiger charge is -2.32. The molecule has 8 nitrogen and oxygen atoms in total. The molecule has 0 spiro atoms. The van der Waals surface area contributed by atoms with E-state index in [0.29, 0.717) is 37.1 Å². The van der Waals surface area contributed by atoms with E-state index in [2.05, 4.69) is 25.3 Å². The van der Waals surface area contributed by atoms with Crippen LogP contribution in [-0.4, -0.2) is 62.9 Å². The van der Waals surface area contributed by atoms with E-state index < -0.39 is 0 Å². The van der Waals surface area contributed by atoms with E-state index in [-0.39, 0.29) is 12.0 Å². The fourth-order valence-corrected chi connectivity index (χ4v) is 2.52. The molecule has 23 heavy (non-hydrogen) atoms. The van der Waals surface area contributed by atoms with Crippen molar-refractivity contribution in [3.05, 3.63) is 36.0 Å². The van der Waals surface area contributed by atoms with Crippen LogP contribution in [0.1, 0.15) is 0 Å². The van der Waals surface area contributed by atoms with Crippen LogP contribution in [0.5, 0.6) is 0 Å². The SMILES string of the molecule is O=C(CN1CCOC(Cn2cncn2)C1)Nc1ccc(Cl)cn1. The van der Waals surface area contributed by atoms with E-state index in [1.165, 1.54) is 12.5 Å². The first-order valence-corrected chi connectivity index (χ1v) is 7.64. The molecule has 1 saturated heterocycles. The second kappa shape index (κ2) is 7.49. The second-order valence-electron chi connectivity index (χ2n) is 5.26. The summed E-state index contributed by atoms with van der Waals surface area (Å²) < 4.78 is 7.43. The van der Waals surface area contributed by atoms with Crippen molar-refractivity contribution in [2.45, 2.75) is 12.6 Å². The van der Waals surface area contributed by atoms with Crippen LogP contribution in [-0.2, 0) is 16.1 Å². The zero-order chi connectivity index (χ0) is 16.1. The van der Waals surface area contributed by atoms with Gasteiger partial charge in [-0.2, -0.15) is 5.10 Å². The lowest BCUT2D eigenvalue weighted by atomic mass is 10.2. The normalized spacial score (nSPS) is 18.7. The number of pyridine rings is 1. The van der Waals surface area contributed by atoms with Crippen molar-refractivity contribution >= 4 is 23.3 Å². The Balaban J connectivity index is 1.48. The van der Waals surface area contributed by atoms with Gasteiger partial charge < -0.3 is 10.1 Å². The van der Waals surface area contributed by atoms with Gasteiger partial charge in [-0.25, -0.2) is 9.97 Å². The van der Waals surface area contributed by atoms with Crippen LogP contribution in [0.25, 0.3) is 0 Å². The molecule has 1 aliphatic rings. The van der Waals surface area contributed by atoms with Gasteiger partial charge in [0.25, 0.3) is 0 Å². The first-order chi connectivity index (χ1) is 11.2. The number of carbonyl (C=O) groups excluding carboxylic acids is 1. The summed E-state index contributed by atoms with van der Waals surface area (Å²) in [5.41, 5.74) is 0. The molecule has 1 atom stereocenters. The molecule has 2 aromatic rings. The summed E-state index contributed by atoms with van der Waals surface area (Å²) in [5, 5.41) is 7.36. The summed E-state index contributed by atoms with van der Waals surface area (Å²) in [6.45, 7) is 2.89. The Hall–Kier alpha value is -2.03. The number of nitrogens with zero attached hydrogens (tertiary/aromatic N) is 5. The number of carbonyl (C=O) groups is 1. The molecule has 0 saturated carbocycles. The third-order valence-corrected chi connectivity index (χ3v) is 3.67. The van der Waals surface area contributed by atoms with E-state index in [9.17, 15) is 4.79 Å². The Morgan fingerprint density at radius 1 is 1.48 bits per heavy atom. The number of hydrogen-bond acceptors (Lipinski definition) is 6. The Labute approximate surface area is 138 Å². The minimum absolute atomic E-state index is 0.00749. The summed E-state index contributed by atoms with van der Waals surface area (Å²) in [7, 11) is 0. The highest BCUT2D eigenvalue weighted by atomic mass is 35.5. The molecule has 0 radical (unpaired) electrons. The van der Waals surface area contributed by atoms with Crippen molar-refractivity contribution in [1.82, 2.24) is 24.6 Å². The van der Waals surface area contributed by atoms with Gasteiger partial charge in [0.15, 0.2) is 0 Å². The van der Waals surface area contributed by atoms with Crippen LogP contribution in [0.2, 0.25) is 5.02 Å². The maximum Gasteiger partial charge on any atom is 0.239 e. The molecule has 9 heteroatoms. The topological polar surface area (TPSA) is 85.2 Å². The van der Waals surface area contributed by atoms with E-state index in [0.717, 1.165) is 6.54 Å². The highest BCUT2D eigenvalue weighted by Gasteiger charge is 2.22. The third-order valence-electron chi connectivity index (χ3n) is 3.44. The van der Waals surface area contributed by atoms with E-state index >= 15 is 0 Å². The van der Waals surface area contributed by atoms with Gasteiger partial charge in [-0.1, -0.05) is 11.6 Å². The monoisotopic (exact) mass is 336 g/mol. The van der Waals surface area contributed by atoms with Crippen molar-refractivity contribution in [2.75, 3.05) is 31.6 Å². The van der Waals surface area contributed by atoms with Crippen LogP contribution >= 0.6 is 11.6 Å². The molecule has 0 aromatic carbocycles. The van der Waals surface area contributed by atoms with Crippen LogP contribution in [0.4, 0.5) is 5.82 Å². The van der Waals surface area contributed by atoms with Gasteiger partial charge in [0.2, 0.25) is 5.91 Å². The number of halogens is 1. The average molecular weight is 337 g/mol. The summed E-state index contributed by atoms with van der Waals surface area (Å²) in [6, 6.07) is 3.36. The zero-order valence-corrected chi connectivity index (χ0v) is 13.2. The van der Waals surface area contributed by atoms with E-state index in [4.69, 9.17) is 16.3 Å². The second-order valence-corrected chi connectivity index (χ2v) is 5.69. The molecular formula is C14H17ClN6O2. The summed E-state index contributed by atoms with van der Waals surface area (Å²) in [5.74, 6) is 0.382. The predicted octanol–water partition coefficient (Wildman–Crippen LogP) is 0.666. The molecule has 0 aliphatic carbocycles. The number of hydrogen-bond donors (Lipinski definition) is 1. The summed E-state index contributed by atoms with van der Waals surface area (Å²) in [4.78, 5) is 22.1. The number of rotatable bonds is 5. The smallest absolute Gasteiger partial charge is 0.239 e. The Kier molecular flexibility index (Phi) is 5.16. The number of nitrogens with one attached hydrogen (secondary N) is 1.